The molecule has 31 heavy (non-hydrogen) atoms. The maximum absolute atomic E-state index is 5.41. The van der Waals surface area contributed by atoms with E-state index < -0.39 is 0 Å². The lowest BCUT2D eigenvalue weighted by molar-refractivity contribution is 0.354. The first kappa shape index (κ1) is 26.9. The number of anilines is 1. The van der Waals surface area contributed by atoms with Gasteiger partial charge in [0.15, 0.2) is 17.5 Å². The number of ether oxygens (including phenoxy) is 2. The Kier molecular flexibility index (Phi) is 12.1. The van der Waals surface area contributed by atoms with Crippen molar-refractivity contribution in [3.8, 4) is 11.5 Å². The van der Waals surface area contributed by atoms with Gasteiger partial charge >= 0.3 is 0 Å². The van der Waals surface area contributed by atoms with Crippen LogP contribution in [0, 0.1) is 0 Å². The van der Waals surface area contributed by atoms with Crippen LogP contribution in [0.4, 0.5) is 5.69 Å². The molecule has 0 radical (unpaired) electrons. The largest absolute Gasteiger partial charge is 0.493 e. The second kappa shape index (κ2) is 14.0. The Bertz CT molecular complexity index is 810. The molecule has 0 bridgehead atoms. The molecule has 0 aliphatic heterocycles. The number of likely N-dealkylation sites (N-methyl/N-ethyl adjacent to an activating group) is 1. The summed E-state index contributed by atoms with van der Waals surface area (Å²) >= 11 is 0. The molecule has 2 aromatic carbocycles. The normalized spacial score (nSPS) is 10.8. The molecular formula is C24H37IN4O2. The van der Waals surface area contributed by atoms with Gasteiger partial charge in [0, 0.05) is 46.5 Å². The fraction of sp³-hybridized carbons (Fsp3) is 0.458. The van der Waals surface area contributed by atoms with E-state index >= 15 is 0 Å². The number of methoxy groups -OCH3 is 2. The highest BCUT2D eigenvalue weighted by Gasteiger charge is 2.08. The maximum Gasteiger partial charge on any atom is 0.193 e. The van der Waals surface area contributed by atoms with Crippen molar-refractivity contribution in [2.24, 2.45) is 4.99 Å². The summed E-state index contributed by atoms with van der Waals surface area (Å²) in [6, 6.07) is 14.7. The lowest BCUT2D eigenvalue weighted by Crippen LogP contribution is -2.40. The van der Waals surface area contributed by atoms with Crippen molar-refractivity contribution in [3.63, 3.8) is 0 Å². The van der Waals surface area contributed by atoms with Gasteiger partial charge in [-0.05, 0) is 55.2 Å². The van der Waals surface area contributed by atoms with Gasteiger partial charge in [0.25, 0.3) is 0 Å². The van der Waals surface area contributed by atoms with Crippen molar-refractivity contribution in [2.75, 3.05) is 59.9 Å². The van der Waals surface area contributed by atoms with E-state index in [-0.39, 0.29) is 24.0 Å². The summed E-state index contributed by atoms with van der Waals surface area (Å²) in [6.45, 7) is 4.55. The van der Waals surface area contributed by atoms with Crippen molar-refractivity contribution >= 4 is 35.6 Å². The van der Waals surface area contributed by atoms with E-state index in [0.29, 0.717) is 0 Å². The zero-order valence-electron chi connectivity index (χ0n) is 19.6. The molecule has 0 saturated heterocycles. The molecule has 2 aromatic rings. The zero-order valence-corrected chi connectivity index (χ0v) is 22.0. The quantitative estimate of drug-likeness (QED) is 0.280. The van der Waals surface area contributed by atoms with Crippen LogP contribution in [0.5, 0.6) is 11.5 Å². The third-order valence-electron chi connectivity index (χ3n) is 5.00. The minimum atomic E-state index is 0. The molecule has 0 spiro atoms. The Morgan fingerprint density at radius 1 is 0.903 bits per heavy atom. The highest BCUT2D eigenvalue weighted by molar-refractivity contribution is 14.0. The van der Waals surface area contributed by atoms with Crippen LogP contribution in [0.25, 0.3) is 0 Å². The van der Waals surface area contributed by atoms with Crippen LogP contribution in [-0.2, 0) is 12.8 Å². The molecule has 0 aliphatic rings. The summed E-state index contributed by atoms with van der Waals surface area (Å²) in [5, 5.41) is 3.39. The highest BCUT2D eigenvalue weighted by atomic mass is 127. The predicted molar refractivity (Wildman–Crippen MR) is 142 cm³/mol. The van der Waals surface area contributed by atoms with Crippen LogP contribution in [-0.4, -0.2) is 65.9 Å². The molecule has 0 unspecified atom stereocenters. The first-order chi connectivity index (χ1) is 14.5. The summed E-state index contributed by atoms with van der Waals surface area (Å²) in [5.41, 5.74) is 3.72. The Hall–Kier alpha value is -2.16. The van der Waals surface area contributed by atoms with E-state index in [2.05, 4.69) is 73.5 Å². The van der Waals surface area contributed by atoms with Crippen molar-refractivity contribution in [3.05, 3.63) is 53.6 Å². The minimum absolute atomic E-state index is 0. The number of hydrogen-bond donors (Lipinski definition) is 1. The summed E-state index contributed by atoms with van der Waals surface area (Å²) in [6.07, 6.45) is 1.82. The van der Waals surface area contributed by atoms with E-state index in [0.717, 1.165) is 49.9 Å². The lowest BCUT2D eigenvalue weighted by Gasteiger charge is -2.22. The summed E-state index contributed by atoms with van der Waals surface area (Å²) in [5.74, 6) is 2.45. The Morgan fingerprint density at radius 2 is 1.55 bits per heavy atom. The number of rotatable bonds is 10. The molecule has 0 atom stereocenters. The molecule has 0 amide bonds. The maximum atomic E-state index is 5.41. The van der Waals surface area contributed by atoms with Gasteiger partial charge in [-0.15, -0.1) is 24.0 Å². The SMILES string of the molecule is CCNC(=NCCc1ccc(N(C)C)cc1)N(C)CCc1ccc(OC)c(OC)c1.I. The fourth-order valence-electron chi connectivity index (χ4n) is 3.16. The molecule has 0 aromatic heterocycles. The van der Waals surface area contributed by atoms with Crippen LogP contribution >= 0.6 is 24.0 Å². The van der Waals surface area contributed by atoms with Crippen LogP contribution < -0.4 is 19.7 Å². The topological polar surface area (TPSA) is 49.3 Å². The molecule has 0 fully saturated rings. The molecule has 6 nitrogen and oxygen atoms in total. The number of nitrogens with one attached hydrogen (secondary N) is 1. The first-order valence-electron chi connectivity index (χ1n) is 10.4. The van der Waals surface area contributed by atoms with E-state index in [1.807, 2.05) is 12.1 Å². The standard InChI is InChI=1S/C24H36N4O2.HI/c1-7-25-24(26-16-14-19-8-11-21(12-9-19)27(2)3)28(4)17-15-20-10-13-22(29-5)23(18-20)30-6;/h8-13,18H,7,14-17H2,1-6H3,(H,25,26);1H. The van der Waals surface area contributed by atoms with Gasteiger partial charge in [0.2, 0.25) is 0 Å². The number of hydrogen-bond acceptors (Lipinski definition) is 4. The van der Waals surface area contributed by atoms with Crippen LogP contribution in [0.2, 0.25) is 0 Å². The number of nitrogens with zero attached hydrogens (tertiary/aromatic N) is 3. The summed E-state index contributed by atoms with van der Waals surface area (Å²) in [4.78, 5) is 9.10. The van der Waals surface area contributed by atoms with Crippen molar-refractivity contribution in [1.82, 2.24) is 10.2 Å². The molecule has 1 N–H and O–H groups in total. The number of halogens is 1. The zero-order chi connectivity index (χ0) is 21.9. The Morgan fingerprint density at radius 3 is 2.13 bits per heavy atom. The van der Waals surface area contributed by atoms with E-state index in [1.165, 1.54) is 16.8 Å². The summed E-state index contributed by atoms with van der Waals surface area (Å²) < 4.78 is 10.7. The molecule has 172 valence electrons. The van der Waals surface area contributed by atoms with Gasteiger partial charge in [-0.1, -0.05) is 18.2 Å². The second-order valence-corrected chi connectivity index (χ2v) is 7.41. The summed E-state index contributed by atoms with van der Waals surface area (Å²) in [7, 11) is 9.51. The van der Waals surface area contributed by atoms with Gasteiger partial charge < -0.3 is 24.6 Å². The van der Waals surface area contributed by atoms with Crippen LogP contribution in [0.3, 0.4) is 0 Å². The van der Waals surface area contributed by atoms with E-state index in [1.54, 1.807) is 14.2 Å². The smallest absolute Gasteiger partial charge is 0.193 e. The monoisotopic (exact) mass is 540 g/mol. The Labute approximate surface area is 204 Å². The third-order valence-corrected chi connectivity index (χ3v) is 5.00. The molecule has 0 aliphatic carbocycles. The molecule has 7 heteroatoms. The van der Waals surface area contributed by atoms with Gasteiger partial charge in [-0.25, -0.2) is 0 Å². The third kappa shape index (κ3) is 8.47. The fourth-order valence-corrected chi connectivity index (χ4v) is 3.16. The number of guanidine groups is 1. The second-order valence-electron chi connectivity index (χ2n) is 7.41. The van der Waals surface area contributed by atoms with Gasteiger partial charge in [-0.3, -0.25) is 4.99 Å². The molecule has 0 saturated carbocycles. The Balaban J connectivity index is 0.00000480. The molecular weight excluding hydrogens is 503 g/mol. The predicted octanol–water partition coefficient (Wildman–Crippen LogP) is 4.07. The average molecular weight is 540 g/mol. The lowest BCUT2D eigenvalue weighted by atomic mass is 10.1. The minimum Gasteiger partial charge on any atom is -0.493 e. The number of benzene rings is 2. The highest BCUT2D eigenvalue weighted by Crippen LogP contribution is 2.27. The molecule has 2 rings (SSSR count). The van der Waals surface area contributed by atoms with Gasteiger partial charge in [0.05, 0.1) is 14.2 Å². The van der Waals surface area contributed by atoms with Crippen LogP contribution in [0.15, 0.2) is 47.5 Å². The van der Waals surface area contributed by atoms with E-state index in [4.69, 9.17) is 14.5 Å². The van der Waals surface area contributed by atoms with Gasteiger partial charge in [0.1, 0.15) is 0 Å². The van der Waals surface area contributed by atoms with Crippen molar-refractivity contribution in [1.29, 1.82) is 0 Å². The first-order valence-corrected chi connectivity index (χ1v) is 10.4. The molecule has 0 heterocycles. The van der Waals surface area contributed by atoms with Crippen molar-refractivity contribution < 1.29 is 9.47 Å². The van der Waals surface area contributed by atoms with E-state index in [9.17, 15) is 0 Å². The average Bonchev–Trinajstić information content (AvgIpc) is 2.76. The van der Waals surface area contributed by atoms with Crippen molar-refractivity contribution in [2.45, 2.75) is 19.8 Å². The van der Waals surface area contributed by atoms with Gasteiger partial charge in [-0.2, -0.15) is 0 Å². The van der Waals surface area contributed by atoms with Crippen LogP contribution in [0.1, 0.15) is 18.1 Å². The number of aliphatic imine (C=N–C) groups is 1.